The van der Waals surface area contributed by atoms with Crippen molar-refractivity contribution in [3.05, 3.63) is 29.3 Å². The molecule has 0 aliphatic heterocycles. The molecular formula is C13H16F2O4S. The number of alkyl halides is 2. The highest BCUT2D eigenvalue weighted by Gasteiger charge is 2.26. The molecule has 0 aliphatic carbocycles. The average molecular weight is 306 g/mol. The van der Waals surface area contributed by atoms with Gasteiger partial charge in [0.2, 0.25) is 6.43 Å². The van der Waals surface area contributed by atoms with Gasteiger partial charge in [0, 0.05) is 6.42 Å². The smallest absolute Gasteiger partial charge is 0.335 e. The van der Waals surface area contributed by atoms with Gasteiger partial charge in [-0.1, -0.05) is 6.92 Å². The second-order valence-electron chi connectivity index (χ2n) is 4.49. The zero-order valence-corrected chi connectivity index (χ0v) is 12.0. The van der Waals surface area contributed by atoms with Crippen LogP contribution in [0.5, 0.6) is 0 Å². The van der Waals surface area contributed by atoms with Crippen LogP contribution in [-0.2, 0) is 16.3 Å². The highest BCUT2D eigenvalue weighted by Crippen LogP contribution is 2.25. The molecular weight excluding hydrogens is 290 g/mol. The number of sulfone groups is 1. The highest BCUT2D eigenvalue weighted by molar-refractivity contribution is 7.92. The molecule has 0 heterocycles. The summed E-state index contributed by atoms with van der Waals surface area (Å²) in [6, 6.07) is 3.22. The Morgan fingerprint density at radius 2 is 1.95 bits per heavy atom. The predicted octanol–water partition coefficient (Wildman–Crippen LogP) is 2.76. The molecule has 1 aromatic rings. The summed E-state index contributed by atoms with van der Waals surface area (Å²) in [6.07, 6.45) is -3.19. The van der Waals surface area contributed by atoms with Crippen LogP contribution in [0, 0.1) is 0 Å². The maximum atomic E-state index is 12.6. The first-order chi connectivity index (χ1) is 9.20. The van der Waals surface area contributed by atoms with E-state index in [2.05, 4.69) is 0 Å². The molecule has 1 unspecified atom stereocenters. The van der Waals surface area contributed by atoms with E-state index < -0.39 is 33.9 Å². The van der Waals surface area contributed by atoms with Gasteiger partial charge in [0.15, 0.2) is 9.84 Å². The van der Waals surface area contributed by atoms with Gasteiger partial charge in [0.25, 0.3) is 0 Å². The van der Waals surface area contributed by atoms with Crippen molar-refractivity contribution in [2.24, 2.45) is 0 Å². The summed E-state index contributed by atoms with van der Waals surface area (Å²) in [7, 11) is -3.73. The molecule has 0 aliphatic rings. The SMILES string of the molecule is CCC(C)S(=O)(=O)c1ccc(C(=O)O)cc1CC(F)F. The van der Waals surface area contributed by atoms with Gasteiger partial charge in [-0.05, 0) is 37.1 Å². The van der Waals surface area contributed by atoms with E-state index in [-0.39, 0.29) is 16.0 Å². The van der Waals surface area contributed by atoms with E-state index in [1.165, 1.54) is 6.92 Å². The molecule has 0 saturated heterocycles. The third kappa shape index (κ3) is 3.53. The van der Waals surface area contributed by atoms with Gasteiger partial charge in [-0.25, -0.2) is 22.0 Å². The first-order valence-corrected chi connectivity index (χ1v) is 7.63. The number of aromatic carboxylic acids is 1. The summed E-state index contributed by atoms with van der Waals surface area (Å²) in [5, 5.41) is 8.14. The summed E-state index contributed by atoms with van der Waals surface area (Å²) in [6.45, 7) is 3.17. The molecule has 1 atom stereocenters. The van der Waals surface area contributed by atoms with Gasteiger partial charge < -0.3 is 5.11 Å². The average Bonchev–Trinajstić information content (AvgIpc) is 2.36. The first kappa shape index (κ1) is 16.6. The van der Waals surface area contributed by atoms with Gasteiger partial charge in [0.1, 0.15) is 0 Å². The molecule has 7 heteroatoms. The summed E-state index contributed by atoms with van der Waals surface area (Å²) in [5.41, 5.74) is -0.357. The van der Waals surface area contributed by atoms with Crippen molar-refractivity contribution in [3.63, 3.8) is 0 Å². The Bertz CT molecular complexity index is 596. The fourth-order valence-electron chi connectivity index (χ4n) is 1.75. The van der Waals surface area contributed by atoms with Crippen LogP contribution in [0.1, 0.15) is 36.2 Å². The van der Waals surface area contributed by atoms with Crippen molar-refractivity contribution in [2.45, 2.75) is 43.3 Å². The summed E-state index contributed by atoms with van der Waals surface area (Å²) in [4.78, 5) is 10.6. The zero-order chi connectivity index (χ0) is 15.5. The van der Waals surface area contributed by atoms with Crippen molar-refractivity contribution in [1.29, 1.82) is 0 Å². The molecule has 0 saturated carbocycles. The van der Waals surface area contributed by atoms with Crippen LogP contribution in [0.25, 0.3) is 0 Å². The van der Waals surface area contributed by atoms with E-state index in [9.17, 15) is 22.0 Å². The molecule has 1 N–H and O–H groups in total. The molecule has 20 heavy (non-hydrogen) atoms. The van der Waals surface area contributed by atoms with Gasteiger partial charge in [-0.3, -0.25) is 0 Å². The van der Waals surface area contributed by atoms with Crippen molar-refractivity contribution in [1.82, 2.24) is 0 Å². The number of benzene rings is 1. The van der Waals surface area contributed by atoms with Crippen molar-refractivity contribution >= 4 is 15.8 Å². The van der Waals surface area contributed by atoms with Gasteiger partial charge in [-0.15, -0.1) is 0 Å². The number of hydrogen-bond donors (Lipinski definition) is 1. The van der Waals surface area contributed by atoms with Gasteiger partial charge in [-0.2, -0.15) is 0 Å². The number of halogens is 2. The second-order valence-corrected chi connectivity index (χ2v) is 6.82. The van der Waals surface area contributed by atoms with Gasteiger partial charge in [0.05, 0.1) is 15.7 Å². The van der Waals surface area contributed by atoms with Crippen LogP contribution in [0.2, 0.25) is 0 Å². The Hall–Kier alpha value is -1.50. The van der Waals surface area contributed by atoms with Gasteiger partial charge >= 0.3 is 5.97 Å². The minimum Gasteiger partial charge on any atom is -0.478 e. The summed E-state index contributed by atoms with van der Waals surface area (Å²) in [5.74, 6) is -1.28. The third-order valence-electron chi connectivity index (χ3n) is 3.09. The summed E-state index contributed by atoms with van der Waals surface area (Å²) < 4.78 is 49.6. The normalized spacial score (nSPS) is 13.4. The Kier molecular flexibility index (Phi) is 5.21. The molecule has 0 fully saturated rings. The number of hydrogen-bond acceptors (Lipinski definition) is 3. The molecule has 0 aromatic heterocycles. The summed E-state index contributed by atoms with van der Waals surface area (Å²) >= 11 is 0. The lowest BCUT2D eigenvalue weighted by atomic mass is 10.1. The molecule has 1 aromatic carbocycles. The monoisotopic (exact) mass is 306 g/mol. The molecule has 0 amide bonds. The minimum absolute atomic E-state index is 0.153. The van der Waals surface area contributed by atoms with E-state index in [0.717, 1.165) is 18.2 Å². The second kappa shape index (κ2) is 6.30. The van der Waals surface area contributed by atoms with Crippen LogP contribution in [0.3, 0.4) is 0 Å². The molecule has 112 valence electrons. The van der Waals surface area contributed by atoms with Crippen molar-refractivity contribution in [3.8, 4) is 0 Å². The van der Waals surface area contributed by atoms with Crippen LogP contribution in [0.4, 0.5) is 8.78 Å². The Labute approximate surface area is 116 Å². The van der Waals surface area contributed by atoms with Crippen LogP contribution < -0.4 is 0 Å². The quantitative estimate of drug-likeness (QED) is 0.877. The molecule has 0 bridgehead atoms. The zero-order valence-electron chi connectivity index (χ0n) is 11.1. The molecule has 1 rings (SSSR count). The number of carboxylic acid groups (broad SMARTS) is 1. The lowest BCUT2D eigenvalue weighted by Gasteiger charge is -2.15. The maximum Gasteiger partial charge on any atom is 0.335 e. The van der Waals surface area contributed by atoms with E-state index in [1.807, 2.05) is 0 Å². The van der Waals surface area contributed by atoms with E-state index in [1.54, 1.807) is 6.92 Å². The van der Waals surface area contributed by atoms with Crippen LogP contribution in [0.15, 0.2) is 23.1 Å². The fourth-order valence-corrected chi connectivity index (χ4v) is 3.39. The fraction of sp³-hybridized carbons (Fsp3) is 0.462. The first-order valence-electron chi connectivity index (χ1n) is 6.08. The van der Waals surface area contributed by atoms with E-state index in [4.69, 9.17) is 5.11 Å². The molecule has 0 radical (unpaired) electrons. The van der Waals surface area contributed by atoms with E-state index >= 15 is 0 Å². The number of carbonyl (C=O) groups is 1. The highest BCUT2D eigenvalue weighted by atomic mass is 32.2. The van der Waals surface area contributed by atoms with Crippen molar-refractivity contribution < 1.29 is 27.1 Å². The predicted molar refractivity (Wildman–Crippen MR) is 70.0 cm³/mol. The minimum atomic E-state index is -3.73. The largest absolute Gasteiger partial charge is 0.478 e. The Morgan fingerprint density at radius 3 is 2.40 bits per heavy atom. The Morgan fingerprint density at radius 1 is 1.35 bits per heavy atom. The van der Waals surface area contributed by atoms with Crippen molar-refractivity contribution in [2.75, 3.05) is 0 Å². The van der Waals surface area contributed by atoms with Crippen LogP contribution in [-0.4, -0.2) is 31.2 Å². The number of rotatable bonds is 6. The van der Waals surface area contributed by atoms with E-state index in [0.29, 0.717) is 6.42 Å². The lowest BCUT2D eigenvalue weighted by molar-refractivity contribution is 0.0696. The standard InChI is InChI=1S/C13H16F2O4S/c1-3-8(2)20(18,19)11-5-4-9(13(16)17)6-10(11)7-12(14)15/h4-6,8,12H,3,7H2,1-2H3,(H,16,17). The molecule has 0 spiro atoms. The topological polar surface area (TPSA) is 71.4 Å². The lowest BCUT2D eigenvalue weighted by Crippen LogP contribution is -2.19. The maximum absolute atomic E-state index is 12.6. The Balaban J connectivity index is 3.42. The number of carboxylic acids is 1. The third-order valence-corrected chi connectivity index (χ3v) is 5.50. The van der Waals surface area contributed by atoms with Crippen LogP contribution >= 0.6 is 0 Å². The molecule has 4 nitrogen and oxygen atoms in total.